The van der Waals surface area contributed by atoms with Crippen LogP contribution in [-0.2, 0) is 27.7 Å². The molecule has 154 valence electrons. The second-order valence-corrected chi connectivity index (χ2v) is 9.41. The maximum Gasteiger partial charge on any atom is 0.264 e. The number of nitrogens with one attached hydrogen (secondary N) is 1. The maximum atomic E-state index is 13.2. The topological polar surface area (TPSA) is 66.5 Å². The number of nitrogens with zero attached hydrogens (tertiary/aromatic N) is 1. The summed E-state index contributed by atoms with van der Waals surface area (Å²) in [4.78, 5) is 12.8. The molecule has 1 aliphatic heterocycles. The summed E-state index contributed by atoms with van der Waals surface area (Å²) in [5.41, 5.74) is 4.26. The Morgan fingerprint density at radius 2 is 1.80 bits per heavy atom. The summed E-state index contributed by atoms with van der Waals surface area (Å²) < 4.78 is 27.8. The Balaban J connectivity index is 1.59. The van der Waals surface area contributed by atoms with E-state index in [0.29, 0.717) is 17.9 Å². The number of benzene rings is 3. The first-order valence-corrected chi connectivity index (χ1v) is 11.4. The number of hydrogen-bond acceptors (Lipinski definition) is 3. The van der Waals surface area contributed by atoms with Gasteiger partial charge in [0.15, 0.2) is 0 Å². The Morgan fingerprint density at radius 3 is 2.57 bits per heavy atom. The van der Waals surface area contributed by atoms with Crippen molar-refractivity contribution in [2.24, 2.45) is 0 Å². The predicted octanol–water partition coefficient (Wildman–Crippen LogP) is 4.32. The summed E-state index contributed by atoms with van der Waals surface area (Å²) in [7, 11) is -3.65. The number of anilines is 2. The van der Waals surface area contributed by atoms with Gasteiger partial charge in [-0.05, 0) is 55.2 Å². The van der Waals surface area contributed by atoms with Crippen LogP contribution in [0.1, 0.15) is 23.1 Å². The van der Waals surface area contributed by atoms with Crippen molar-refractivity contribution in [3.05, 3.63) is 89.5 Å². The van der Waals surface area contributed by atoms with E-state index < -0.39 is 10.0 Å². The number of amides is 1. The van der Waals surface area contributed by atoms with Gasteiger partial charge in [-0.15, -0.1) is 0 Å². The molecule has 0 aliphatic carbocycles. The Kier molecular flexibility index (Phi) is 5.59. The largest absolute Gasteiger partial charge is 0.326 e. The second kappa shape index (κ2) is 8.32. The van der Waals surface area contributed by atoms with Gasteiger partial charge < -0.3 is 5.32 Å². The van der Waals surface area contributed by atoms with Crippen molar-refractivity contribution >= 4 is 27.3 Å². The predicted molar refractivity (Wildman–Crippen MR) is 119 cm³/mol. The molecule has 6 heteroatoms. The Morgan fingerprint density at radius 1 is 1.00 bits per heavy atom. The fourth-order valence-corrected chi connectivity index (χ4v) is 5.35. The zero-order valence-electron chi connectivity index (χ0n) is 16.8. The molecule has 0 atom stereocenters. The molecule has 1 heterocycles. The van der Waals surface area contributed by atoms with Gasteiger partial charge in [0.05, 0.1) is 17.0 Å². The van der Waals surface area contributed by atoms with Gasteiger partial charge in [-0.3, -0.25) is 9.10 Å². The van der Waals surface area contributed by atoms with Crippen LogP contribution in [0.15, 0.2) is 77.7 Å². The smallest absolute Gasteiger partial charge is 0.264 e. The molecule has 0 radical (unpaired) electrons. The van der Waals surface area contributed by atoms with Crippen molar-refractivity contribution in [3.63, 3.8) is 0 Å². The van der Waals surface area contributed by atoms with E-state index in [9.17, 15) is 13.2 Å². The summed E-state index contributed by atoms with van der Waals surface area (Å²) in [5.74, 6) is -0.131. The fourth-order valence-electron chi connectivity index (χ4n) is 3.80. The fraction of sp³-hybridized carbons (Fsp3) is 0.208. The molecule has 1 aliphatic rings. The molecule has 1 N–H and O–H groups in total. The van der Waals surface area contributed by atoms with E-state index in [-0.39, 0.29) is 17.2 Å². The third-order valence-corrected chi connectivity index (χ3v) is 7.05. The van der Waals surface area contributed by atoms with E-state index in [1.165, 1.54) is 4.31 Å². The van der Waals surface area contributed by atoms with Crippen LogP contribution in [0.25, 0.3) is 0 Å². The highest BCUT2D eigenvalue weighted by Gasteiger charge is 2.29. The molecule has 4 rings (SSSR count). The van der Waals surface area contributed by atoms with Gasteiger partial charge in [0.1, 0.15) is 0 Å². The first-order chi connectivity index (χ1) is 14.4. The number of fused-ring (bicyclic) bond motifs is 1. The lowest BCUT2D eigenvalue weighted by molar-refractivity contribution is -0.115. The molecule has 5 nitrogen and oxygen atoms in total. The highest BCUT2D eigenvalue weighted by atomic mass is 32.2. The van der Waals surface area contributed by atoms with Crippen LogP contribution in [0, 0.1) is 6.92 Å². The Bertz CT molecular complexity index is 1170. The van der Waals surface area contributed by atoms with Gasteiger partial charge in [-0.1, -0.05) is 54.1 Å². The maximum absolute atomic E-state index is 13.2. The van der Waals surface area contributed by atoms with Crippen LogP contribution in [-0.4, -0.2) is 20.9 Å². The van der Waals surface area contributed by atoms with Gasteiger partial charge >= 0.3 is 0 Å². The lowest BCUT2D eigenvalue weighted by Crippen LogP contribution is -2.35. The summed E-state index contributed by atoms with van der Waals surface area (Å²) in [6.07, 6.45) is 1.84. The van der Waals surface area contributed by atoms with Crippen LogP contribution >= 0.6 is 0 Å². The molecule has 3 aromatic carbocycles. The molecule has 0 spiro atoms. The van der Waals surface area contributed by atoms with Crippen LogP contribution < -0.4 is 9.62 Å². The summed E-state index contributed by atoms with van der Waals surface area (Å²) in [6, 6.07) is 21.8. The molecule has 3 aromatic rings. The summed E-state index contributed by atoms with van der Waals surface area (Å²) >= 11 is 0. The van der Waals surface area contributed by atoms with Crippen molar-refractivity contribution in [1.29, 1.82) is 0 Å². The third-order valence-electron chi connectivity index (χ3n) is 5.22. The van der Waals surface area contributed by atoms with Crippen molar-refractivity contribution in [2.75, 3.05) is 16.2 Å². The monoisotopic (exact) mass is 420 g/mol. The van der Waals surface area contributed by atoms with Gasteiger partial charge in [0.2, 0.25) is 5.91 Å². The summed E-state index contributed by atoms with van der Waals surface area (Å²) in [5, 5.41) is 2.91. The molecule has 0 aromatic heterocycles. The van der Waals surface area contributed by atoms with Crippen LogP contribution in [0.5, 0.6) is 0 Å². The molecular formula is C24H24N2O3S. The Labute approximate surface area is 177 Å². The second-order valence-electron chi connectivity index (χ2n) is 7.55. The number of carbonyl (C=O) groups excluding carboxylic acids is 1. The minimum atomic E-state index is -3.65. The van der Waals surface area contributed by atoms with Gasteiger partial charge in [-0.2, -0.15) is 0 Å². The van der Waals surface area contributed by atoms with Crippen molar-refractivity contribution in [2.45, 2.75) is 31.1 Å². The molecule has 1 amide bonds. The molecule has 30 heavy (non-hydrogen) atoms. The first kappa shape index (κ1) is 20.2. The zero-order chi connectivity index (χ0) is 21.1. The Hall–Kier alpha value is -3.12. The molecule has 0 fully saturated rings. The van der Waals surface area contributed by atoms with E-state index in [0.717, 1.165) is 29.5 Å². The van der Waals surface area contributed by atoms with Crippen molar-refractivity contribution in [3.8, 4) is 0 Å². The molecule has 0 unspecified atom stereocenters. The van der Waals surface area contributed by atoms with E-state index in [2.05, 4.69) is 5.32 Å². The van der Waals surface area contributed by atoms with Crippen LogP contribution in [0.3, 0.4) is 0 Å². The minimum absolute atomic E-state index is 0.131. The highest BCUT2D eigenvalue weighted by Crippen LogP contribution is 2.34. The first-order valence-electron chi connectivity index (χ1n) is 9.99. The minimum Gasteiger partial charge on any atom is -0.326 e. The average Bonchev–Trinajstić information content (AvgIpc) is 2.74. The van der Waals surface area contributed by atoms with Crippen molar-refractivity contribution < 1.29 is 13.2 Å². The number of rotatable bonds is 5. The van der Waals surface area contributed by atoms with Crippen molar-refractivity contribution in [1.82, 2.24) is 0 Å². The summed E-state index contributed by atoms with van der Waals surface area (Å²) in [6.45, 7) is 2.41. The van der Waals surface area contributed by atoms with E-state index >= 15 is 0 Å². The highest BCUT2D eigenvalue weighted by molar-refractivity contribution is 7.92. The van der Waals surface area contributed by atoms with Gasteiger partial charge in [0, 0.05) is 12.2 Å². The number of sulfonamides is 1. The molecule has 0 saturated heterocycles. The van der Waals surface area contributed by atoms with Crippen LogP contribution in [0.2, 0.25) is 0 Å². The molecule has 0 bridgehead atoms. The number of aryl methyl sites for hydroxylation is 2. The lowest BCUT2D eigenvalue weighted by atomic mass is 10.0. The number of carbonyl (C=O) groups is 1. The van der Waals surface area contributed by atoms with E-state index in [1.54, 1.807) is 36.4 Å². The average molecular weight is 421 g/mol. The third kappa shape index (κ3) is 4.24. The van der Waals surface area contributed by atoms with E-state index in [1.807, 2.05) is 43.3 Å². The van der Waals surface area contributed by atoms with Crippen LogP contribution in [0.4, 0.5) is 11.4 Å². The zero-order valence-corrected chi connectivity index (χ0v) is 17.7. The van der Waals surface area contributed by atoms with Gasteiger partial charge in [0.25, 0.3) is 10.0 Å². The quantitative estimate of drug-likeness (QED) is 0.669. The number of hydrogen-bond donors (Lipinski definition) is 1. The normalized spacial score (nSPS) is 13.6. The lowest BCUT2D eigenvalue weighted by Gasteiger charge is -2.31. The van der Waals surface area contributed by atoms with E-state index in [4.69, 9.17) is 0 Å². The SMILES string of the molecule is Cc1cccc(CC(=O)Nc2ccc3c(c2)N(S(=O)(=O)c2ccccc2)CCC3)c1. The standard InChI is InChI=1S/C24H24N2O3S/c1-18-7-5-8-19(15-18)16-24(27)25-21-13-12-20-9-6-14-26(23(20)17-21)30(28,29)22-10-3-2-4-11-22/h2-5,7-8,10-13,15,17H,6,9,14,16H2,1H3,(H,25,27). The van der Waals surface area contributed by atoms with Gasteiger partial charge in [-0.25, -0.2) is 8.42 Å². The molecular weight excluding hydrogens is 396 g/mol. The molecule has 0 saturated carbocycles.